The van der Waals surface area contributed by atoms with Crippen molar-refractivity contribution in [3.8, 4) is 0 Å². The molecule has 0 unspecified atom stereocenters. The SMILES string of the molecule is Cl.Cl.O=P(c1ccccc1)(c1ccccc1)C(P(=O)(c1ccccc1)c1ccccc1)P(=O)(c1ccccc1)c1ccccc1.[Zr][C]1=[CH][SbH][Sb]=[Sb]1. The fraction of sp³-hybridized carbons (Fsp3) is 0.0256. The van der Waals surface area contributed by atoms with Crippen molar-refractivity contribution in [2.24, 2.45) is 0 Å². The quantitative estimate of drug-likeness (QED) is 0.114. The van der Waals surface area contributed by atoms with Crippen LogP contribution in [0.2, 0.25) is 0 Å². The second kappa shape index (κ2) is 20.5. The fourth-order valence-electron chi connectivity index (χ4n) is 6.03. The van der Waals surface area contributed by atoms with Crippen LogP contribution in [0, 0.1) is 0 Å². The van der Waals surface area contributed by atoms with Gasteiger partial charge in [-0.15, -0.1) is 24.8 Å². The minimum atomic E-state index is -3.97. The molecule has 0 fully saturated rings. The molecule has 12 heteroatoms. The van der Waals surface area contributed by atoms with Gasteiger partial charge in [-0.3, -0.25) is 0 Å². The van der Waals surface area contributed by atoms with Gasteiger partial charge in [-0.05, 0) is 0 Å². The van der Waals surface area contributed by atoms with Gasteiger partial charge in [-0.25, -0.2) is 0 Å². The fourth-order valence-corrected chi connectivity index (χ4v) is 119. The molecule has 3 nitrogen and oxygen atoms in total. The Morgan fingerprint density at radius 2 is 0.627 bits per heavy atom. The molecule has 0 N–H and O–H groups in total. The van der Waals surface area contributed by atoms with Crippen LogP contribution in [0.25, 0.3) is 0 Å². The van der Waals surface area contributed by atoms with E-state index >= 15 is 13.7 Å². The predicted octanol–water partition coefficient (Wildman–Crippen LogP) is 7.18. The van der Waals surface area contributed by atoms with E-state index in [1.54, 1.807) is 24.7 Å². The van der Waals surface area contributed by atoms with Crippen LogP contribution in [-0.2, 0) is 38.4 Å². The van der Waals surface area contributed by atoms with Gasteiger partial charge < -0.3 is 13.7 Å². The normalized spacial score (nSPS) is 12.4. The van der Waals surface area contributed by atoms with Crippen molar-refractivity contribution < 1.29 is 38.4 Å². The first kappa shape index (κ1) is 43.4. The van der Waals surface area contributed by atoms with Crippen molar-refractivity contribution in [1.29, 1.82) is 0 Å². The van der Waals surface area contributed by atoms with E-state index in [1.807, 2.05) is 183 Å². The third-order valence-electron chi connectivity index (χ3n) is 8.23. The Morgan fingerprint density at radius 3 is 0.765 bits per heavy atom. The topological polar surface area (TPSA) is 51.2 Å². The van der Waals surface area contributed by atoms with Gasteiger partial charge in [0.2, 0.25) is 0 Å². The number of hydrogen-bond acceptors (Lipinski definition) is 3. The molecule has 0 bridgehead atoms. The minimum absolute atomic E-state index is 0. The van der Waals surface area contributed by atoms with Crippen molar-refractivity contribution in [3.05, 3.63) is 187 Å². The zero-order valence-corrected chi connectivity index (χ0v) is 42.0. The first-order chi connectivity index (χ1) is 23.9. The monoisotopic (exact) mass is 1170 g/mol. The maximum absolute atomic E-state index is 16.6. The summed E-state index contributed by atoms with van der Waals surface area (Å²) in [6.45, 7) is 0. The summed E-state index contributed by atoms with van der Waals surface area (Å²) in [5, 5.41) is 1.80. The van der Waals surface area contributed by atoms with E-state index in [2.05, 4.69) is 4.02 Å². The average Bonchev–Trinajstić information content (AvgIpc) is 3.67. The summed E-state index contributed by atoms with van der Waals surface area (Å²) in [6.07, 6.45) is 0. The van der Waals surface area contributed by atoms with Crippen molar-refractivity contribution in [3.63, 3.8) is 0 Å². The van der Waals surface area contributed by atoms with Crippen LogP contribution in [-0.4, -0.2) is 52.2 Å². The Hall–Kier alpha value is -0.332. The molecule has 1 aliphatic rings. The summed E-state index contributed by atoms with van der Waals surface area (Å²) in [7, 11) is -11.9. The molecule has 7 rings (SSSR count). The summed E-state index contributed by atoms with van der Waals surface area (Å²) in [4.78, 5) is 0. The second-order valence-electron chi connectivity index (χ2n) is 11.2. The zero-order valence-electron chi connectivity index (χ0n) is 27.3. The average molecular weight is 1170 g/mol. The van der Waals surface area contributed by atoms with Crippen LogP contribution < -0.4 is 31.8 Å². The molecule has 1 heterocycles. The Bertz CT molecular complexity index is 1840. The standard InChI is InChI=1S/C37H31O3P3.C2H.2ClH.3Sb.Zr.H/c38-41(31-19-7-1-8-20-31,32-21-9-2-10-22-32)37(42(39,33-23-11-3-12-24-33)34-25-13-4-14-26-34)43(40,35-27-15-5-16-28-35)36-29-17-6-18-30-36;1-2;;;;;;;/h1-30,37H;1H;2*1H;;;;;. The second-order valence-corrected chi connectivity index (χ2v) is 67.8. The molecule has 0 amide bonds. The van der Waals surface area contributed by atoms with E-state index in [0.717, 1.165) is 0 Å². The van der Waals surface area contributed by atoms with Gasteiger partial charge in [0.1, 0.15) is 5.14 Å². The molecule has 0 aromatic heterocycles. The molecule has 1 aliphatic heterocycles. The molecule has 257 valence electrons. The van der Waals surface area contributed by atoms with Crippen molar-refractivity contribution in [2.75, 3.05) is 0 Å². The number of halogens is 2. The molecular weight excluding hydrogens is 1140 g/mol. The molecule has 0 saturated heterocycles. The molecule has 0 spiro atoms. The predicted molar refractivity (Wildman–Crippen MR) is 224 cm³/mol. The molecule has 6 aromatic carbocycles. The summed E-state index contributed by atoms with van der Waals surface area (Å²) in [5.74, 6) is 0. The third kappa shape index (κ3) is 9.56. The van der Waals surface area contributed by atoms with Gasteiger partial charge in [-0.1, -0.05) is 182 Å². The molecule has 0 atom stereocenters. The maximum atomic E-state index is 16.6. The van der Waals surface area contributed by atoms with E-state index in [9.17, 15) is 0 Å². The molecule has 0 radical (unpaired) electrons. The van der Waals surface area contributed by atoms with E-state index < -0.39 is 26.6 Å². The van der Waals surface area contributed by atoms with E-state index in [1.165, 1.54) is 0 Å². The van der Waals surface area contributed by atoms with Crippen molar-refractivity contribution >= 4 is 125 Å². The van der Waals surface area contributed by atoms with E-state index in [4.69, 9.17) is 0 Å². The van der Waals surface area contributed by atoms with Crippen molar-refractivity contribution in [1.82, 2.24) is 0 Å². The van der Waals surface area contributed by atoms with Crippen LogP contribution in [0.5, 0.6) is 0 Å². The van der Waals surface area contributed by atoms with Crippen LogP contribution >= 0.6 is 46.2 Å². The van der Waals surface area contributed by atoms with Crippen LogP contribution in [0.3, 0.4) is 0 Å². The first-order valence-corrected chi connectivity index (χ1v) is 43.7. The Kier molecular flexibility index (Phi) is 17.5. The van der Waals surface area contributed by atoms with Crippen LogP contribution in [0.15, 0.2) is 187 Å². The summed E-state index contributed by atoms with van der Waals surface area (Å²) >= 11 is 3.30. The Morgan fingerprint density at radius 1 is 0.412 bits per heavy atom. The van der Waals surface area contributed by atoms with Gasteiger partial charge >= 0.3 is 77.0 Å². The van der Waals surface area contributed by atoms with Gasteiger partial charge in [0, 0.05) is 31.8 Å². The molecule has 0 aliphatic carbocycles. The zero-order chi connectivity index (χ0) is 34.2. The van der Waals surface area contributed by atoms with Crippen molar-refractivity contribution in [2.45, 2.75) is 5.14 Å². The summed E-state index contributed by atoms with van der Waals surface area (Å²) < 4.78 is 54.3. The van der Waals surface area contributed by atoms with E-state index in [0.29, 0.717) is 78.8 Å². The van der Waals surface area contributed by atoms with Gasteiger partial charge in [0.25, 0.3) is 0 Å². The molecule has 0 saturated carbocycles. The first-order valence-electron chi connectivity index (χ1n) is 15.6. The summed E-state index contributed by atoms with van der Waals surface area (Å²) in [6, 6.07) is 55.2. The van der Waals surface area contributed by atoms with Gasteiger partial charge in [0.15, 0.2) is 21.4 Å². The molecule has 51 heavy (non-hydrogen) atoms. The Balaban J connectivity index is 0.000000662. The number of benzene rings is 6. The Labute approximate surface area is 351 Å². The van der Waals surface area contributed by atoms with Gasteiger partial charge in [0.05, 0.1) is 0 Å². The summed E-state index contributed by atoms with van der Waals surface area (Å²) in [5.41, 5.74) is 0. The van der Waals surface area contributed by atoms with Gasteiger partial charge in [-0.2, -0.15) is 0 Å². The van der Waals surface area contributed by atoms with Crippen LogP contribution in [0.1, 0.15) is 0 Å². The molecular formula is C39H35Cl2O3P3Sb3Zr. The number of hydrogen-bond donors (Lipinski definition) is 0. The van der Waals surface area contributed by atoms with Crippen LogP contribution in [0.4, 0.5) is 0 Å². The third-order valence-corrected chi connectivity index (χ3v) is 79.1. The number of rotatable bonds is 9. The molecule has 6 aromatic rings. The van der Waals surface area contributed by atoms with E-state index in [-0.39, 0.29) is 24.8 Å².